The minimum absolute atomic E-state index is 0.179. The number of esters is 1. The van der Waals surface area contributed by atoms with Gasteiger partial charge in [0.1, 0.15) is 0 Å². The van der Waals surface area contributed by atoms with Gasteiger partial charge in [0, 0.05) is 0 Å². The molecule has 1 aromatic carbocycles. The molecular weight excluding hydrogens is 219 g/mol. The molecule has 0 unspecified atom stereocenters. The van der Waals surface area contributed by atoms with Crippen LogP contribution in [0.2, 0.25) is 5.32 Å². The Morgan fingerprint density at radius 2 is 2.00 bits per heavy atom. The summed E-state index contributed by atoms with van der Waals surface area (Å²) < 4.78 is 5.01. The van der Waals surface area contributed by atoms with Gasteiger partial charge in [0.15, 0.2) is 0 Å². The number of rotatable bonds is 3. The summed E-state index contributed by atoms with van der Waals surface area (Å²) in [6.45, 7) is 0. The SMILES string of the molecule is O=C(CC[SeH])Oc1ccccc1. The molecule has 0 aliphatic rings. The molecule has 0 saturated heterocycles. The van der Waals surface area contributed by atoms with Gasteiger partial charge < -0.3 is 0 Å². The summed E-state index contributed by atoms with van der Waals surface area (Å²) in [5.41, 5.74) is 0. The predicted molar refractivity (Wildman–Crippen MR) is 48.7 cm³/mol. The van der Waals surface area contributed by atoms with Crippen molar-refractivity contribution in [3.05, 3.63) is 30.3 Å². The first-order chi connectivity index (χ1) is 5.83. The van der Waals surface area contributed by atoms with Crippen molar-refractivity contribution in [3.8, 4) is 5.75 Å². The van der Waals surface area contributed by atoms with Crippen LogP contribution in [0.1, 0.15) is 6.42 Å². The Hall–Kier alpha value is -0.791. The van der Waals surface area contributed by atoms with Crippen LogP contribution in [-0.4, -0.2) is 22.0 Å². The molecule has 0 amide bonds. The van der Waals surface area contributed by atoms with Crippen molar-refractivity contribution in [1.82, 2.24) is 0 Å². The van der Waals surface area contributed by atoms with Gasteiger partial charge in [-0.3, -0.25) is 0 Å². The number of benzene rings is 1. The van der Waals surface area contributed by atoms with Crippen LogP contribution in [0.15, 0.2) is 30.3 Å². The van der Waals surface area contributed by atoms with Crippen molar-refractivity contribution in [1.29, 1.82) is 0 Å². The third-order valence-electron chi connectivity index (χ3n) is 1.29. The normalized spacial score (nSPS) is 9.42. The number of para-hydroxylation sites is 1. The zero-order chi connectivity index (χ0) is 8.81. The quantitative estimate of drug-likeness (QED) is 0.443. The zero-order valence-corrected chi connectivity index (χ0v) is 8.44. The van der Waals surface area contributed by atoms with E-state index in [1.165, 1.54) is 0 Å². The van der Waals surface area contributed by atoms with E-state index < -0.39 is 0 Å². The van der Waals surface area contributed by atoms with E-state index in [4.69, 9.17) is 4.74 Å². The van der Waals surface area contributed by atoms with Crippen LogP contribution in [0.5, 0.6) is 5.75 Å². The Labute approximate surface area is 79.7 Å². The average Bonchev–Trinajstić information content (AvgIpc) is 2.06. The van der Waals surface area contributed by atoms with E-state index >= 15 is 0 Å². The van der Waals surface area contributed by atoms with Crippen LogP contribution in [0.4, 0.5) is 0 Å². The molecule has 0 spiro atoms. The van der Waals surface area contributed by atoms with E-state index in [1.807, 2.05) is 18.2 Å². The molecule has 12 heavy (non-hydrogen) atoms. The van der Waals surface area contributed by atoms with Crippen LogP contribution in [0.25, 0.3) is 0 Å². The van der Waals surface area contributed by atoms with Gasteiger partial charge in [-0.25, -0.2) is 0 Å². The molecule has 0 heterocycles. The third-order valence-corrected chi connectivity index (χ3v) is 1.76. The Morgan fingerprint density at radius 3 is 2.58 bits per heavy atom. The van der Waals surface area contributed by atoms with E-state index in [0.29, 0.717) is 12.2 Å². The number of hydrogen-bond acceptors (Lipinski definition) is 2. The van der Waals surface area contributed by atoms with E-state index in [1.54, 1.807) is 12.1 Å². The van der Waals surface area contributed by atoms with Crippen LogP contribution in [-0.2, 0) is 4.79 Å². The Bertz CT molecular complexity index is 246. The maximum absolute atomic E-state index is 11.0. The van der Waals surface area contributed by atoms with E-state index in [9.17, 15) is 4.79 Å². The first-order valence-electron chi connectivity index (χ1n) is 3.69. The molecule has 2 nitrogen and oxygen atoms in total. The van der Waals surface area contributed by atoms with Crippen LogP contribution >= 0.6 is 0 Å². The molecule has 0 aliphatic carbocycles. The summed E-state index contributed by atoms with van der Waals surface area (Å²) in [5, 5.41) is 0.763. The van der Waals surface area contributed by atoms with Gasteiger partial charge in [-0.1, -0.05) is 0 Å². The number of carbonyl (C=O) groups excluding carboxylic acids is 1. The second-order valence-corrected chi connectivity index (χ2v) is 3.20. The van der Waals surface area contributed by atoms with Gasteiger partial charge >= 0.3 is 79.3 Å². The summed E-state index contributed by atoms with van der Waals surface area (Å²) in [4.78, 5) is 11.0. The van der Waals surface area contributed by atoms with Gasteiger partial charge in [0.25, 0.3) is 0 Å². The van der Waals surface area contributed by atoms with Gasteiger partial charge in [-0.05, 0) is 0 Å². The molecule has 0 aromatic heterocycles. The Kier molecular flexibility index (Phi) is 3.85. The van der Waals surface area contributed by atoms with Crippen molar-refractivity contribution < 1.29 is 9.53 Å². The van der Waals surface area contributed by atoms with Gasteiger partial charge in [-0.2, -0.15) is 0 Å². The van der Waals surface area contributed by atoms with Crippen molar-refractivity contribution in [2.24, 2.45) is 0 Å². The zero-order valence-electron chi connectivity index (χ0n) is 6.56. The maximum atomic E-state index is 11.0. The van der Waals surface area contributed by atoms with E-state index in [-0.39, 0.29) is 5.97 Å². The summed E-state index contributed by atoms with van der Waals surface area (Å²) in [5.74, 6) is 0.435. The Balaban J connectivity index is 2.47. The molecule has 0 N–H and O–H groups in total. The van der Waals surface area contributed by atoms with E-state index in [2.05, 4.69) is 16.0 Å². The second kappa shape index (κ2) is 4.96. The molecule has 0 radical (unpaired) electrons. The summed E-state index contributed by atoms with van der Waals surface area (Å²) in [6, 6.07) is 9.09. The summed E-state index contributed by atoms with van der Waals surface area (Å²) in [7, 11) is 0. The minimum atomic E-state index is -0.179. The van der Waals surface area contributed by atoms with Crippen LogP contribution < -0.4 is 4.74 Å². The average molecular weight is 229 g/mol. The predicted octanol–water partition coefficient (Wildman–Crippen LogP) is 1.30. The fraction of sp³-hybridized carbons (Fsp3) is 0.222. The first kappa shape index (κ1) is 9.30. The molecule has 1 aromatic rings. The van der Waals surface area contributed by atoms with Crippen molar-refractivity contribution >= 4 is 22.0 Å². The van der Waals surface area contributed by atoms with Crippen molar-refractivity contribution in [2.75, 3.05) is 0 Å². The summed E-state index contributed by atoms with van der Waals surface area (Å²) >= 11 is 2.35. The van der Waals surface area contributed by atoms with Crippen LogP contribution in [0.3, 0.4) is 0 Å². The monoisotopic (exact) mass is 230 g/mol. The number of carbonyl (C=O) groups is 1. The molecule has 0 atom stereocenters. The molecule has 0 fully saturated rings. The fourth-order valence-electron chi connectivity index (χ4n) is 0.762. The second-order valence-electron chi connectivity index (χ2n) is 2.26. The van der Waals surface area contributed by atoms with Gasteiger partial charge in [0.05, 0.1) is 0 Å². The number of hydrogen-bond donors (Lipinski definition) is 0. The first-order valence-corrected chi connectivity index (χ1v) is 5.02. The number of ether oxygens (including phenoxy) is 1. The van der Waals surface area contributed by atoms with E-state index in [0.717, 1.165) is 5.32 Å². The third kappa shape index (κ3) is 3.07. The van der Waals surface area contributed by atoms with Crippen molar-refractivity contribution in [2.45, 2.75) is 11.7 Å². The molecule has 0 aliphatic heterocycles. The molecular formula is C9H10O2Se. The molecule has 0 saturated carbocycles. The fourth-order valence-corrected chi connectivity index (χ4v) is 1.15. The summed E-state index contributed by atoms with van der Waals surface area (Å²) in [6.07, 6.45) is 0.453. The van der Waals surface area contributed by atoms with Crippen molar-refractivity contribution in [3.63, 3.8) is 0 Å². The van der Waals surface area contributed by atoms with Crippen LogP contribution in [0, 0.1) is 0 Å². The molecule has 3 heteroatoms. The standard InChI is InChI=1S/C9H10O2Se/c10-9(6-7-12)11-8-4-2-1-3-5-8/h1-5,12H,6-7H2. The molecule has 64 valence electrons. The molecule has 1 rings (SSSR count). The topological polar surface area (TPSA) is 26.3 Å². The molecule has 0 bridgehead atoms. The van der Waals surface area contributed by atoms with Gasteiger partial charge in [0.2, 0.25) is 0 Å². The Morgan fingerprint density at radius 1 is 1.33 bits per heavy atom. The van der Waals surface area contributed by atoms with Gasteiger partial charge in [-0.15, -0.1) is 0 Å².